The number of methoxy groups -OCH3 is 1. The fraction of sp³-hybridized carbons (Fsp3) is 0.533. The number of hydrogen-bond donors (Lipinski definition) is 1. The first kappa shape index (κ1) is 14.7. The van der Waals surface area contributed by atoms with E-state index in [1.54, 1.807) is 0 Å². The number of amides is 1. The van der Waals surface area contributed by atoms with Crippen LogP contribution in [0.25, 0.3) is 0 Å². The number of nitrogens with one attached hydrogen (secondary N) is 1. The Bertz CT molecular complexity index is 373. The third-order valence-electron chi connectivity index (χ3n) is 3.05. The highest BCUT2D eigenvalue weighted by Gasteiger charge is 2.23. The minimum absolute atomic E-state index is 0.0427. The molecule has 1 aromatic rings. The molecule has 1 aromatic carbocycles. The second-order valence-electron chi connectivity index (χ2n) is 5.36. The molecule has 0 aliphatic carbocycles. The first-order chi connectivity index (χ1) is 8.45. The van der Waals surface area contributed by atoms with Gasteiger partial charge in [-0.3, -0.25) is 4.79 Å². The third kappa shape index (κ3) is 4.49. The standard InChI is InChI=1S/C15H23NO2/c1-12(16-14(17)11-18-4)10-15(2,3)13-8-6-5-7-9-13/h5-9,12H,10-11H2,1-4H3,(H,16,17)/t12-/m0/s1. The summed E-state index contributed by atoms with van der Waals surface area (Å²) in [6.45, 7) is 6.54. The van der Waals surface area contributed by atoms with Crippen LogP contribution in [-0.4, -0.2) is 25.7 Å². The Hall–Kier alpha value is -1.35. The van der Waals surface area contributed by atoms with Gasteiger partial charge in [-0.15, -0.1) is 0 Å². The third-order valence-corrected chi connectivity index (χ3v) is 3.05. The topological polar surface area (TPSA) is 38.3 Å². The number of hydrogen-bond acceptors (Lipinski definition) is 2. The first-order valence-corrected chi connectivity index (χ1v) is 6.29. The van der Waals surface area contributed by atoms with Crippen molar-refractivity contribution in [3.63, 3.8) is 0 Å². The van der Waals surface area contributed by atoms with E-state index in [-0.39, 0.29) is 24.0 Å². The molecule has 0 fully saturated rings. The maximum Gasteiger partial charge on any atom is 0.246 e. The minimum Gasteiger partial charge on any atom is -0.375 e. The van der Waals surface area contributed by atoms with Gasteiger partial charge in [-0.1, -0.05) is 44.2 Å². The highest BCUT2D eigenvalue weighted by Crippen LogP contribution is 2.27. The lowest BCUT2D eigenvalue weighted by molar-refractivity contribution is -0.125. The van der Waals surface area contributed by atoms with Crippen molar-refractivity contribution in [2.75, 3.05) is 13.7 Å². The number of rotatable bonds is 6. The molecule has 3 heteroatoms. The maximum atomic E-state index is 11.4. The molecule has 100 valence electrons. The van der Waals surface area contributed by atoms with E-state index in [1.165, 1.54) is 12.7 Å². The summed E-state index contributed by atoms with van der Waals surface area (Å²) in [4.78, 5) is 11.4. The van der Waals surface area contributed by atoms with Crippen LogP contribution in [-0.2, 0) is 14.9 Å². The van der Waals surface area contributed by atoms with Gasteiger partial charge in [0.25, 0.3) is 0 Å². The zero-order valence-electron chi connectivity index (χ0n) is 11.7. The minimum atomic E-state index is -0.0612. The number of benzene rings is 1. The summed E-state index contributed by atoms with van der Waals surface area (Å²) in [6, 6.07) is 10.5. The van der Waals surface area contributed by atoms with E-state index in [0.29, 0.717) is 0 Å². The molecule has 0 spiro atoms. The van der Waals surface area contributed by atoms with Crippen LogP contribution in [0.1, 0.15) is 32.8 Å². The van der Waals surface area contributed by atoms with Crippen LogP contribution in [0, 0.1) is 0 Å². The van der Waals surface area contributed by atoms with Crippen molar-refractivity contribution < 1.29 is 9.53 Å². The van der Waals surface area contributed by atoms with Gasteiger partial charge in [-0.25, -0.2) is 0 Å². The van der Waals surface area contributed by atoms with Crippen molar-refractivity contribution in [3.05, 3.63) is 35.9 Å². The highest BCUT2D eigenvalue weighted by atomic mass is 16.5. The van der Waals surface area contributed by atoms with Crippen LogP contribution in [0.4, 0.5) is 0 Å². The molecule has 0 aliphatic heterocycles. The summed E-state index contributed by atoms with van der Waals surface area (Å²) < 4.78 is 4.81. The van der Waals surface area contributed by atoms with Gasteiger partial charge >= 0.3 is 0 Å². The van der Waals surface area contributed by atoms with Gasteiger partial charge < -0.3 is 10.1 Å². The van der Waals surface area contributed by atoms with Crippen LogP contribution < -0.4 is 5.32 Å². The molecular weight excluding hydrogens is 226 g/mol. The van der Waals surface area contributed by atoms with E-state index < -0.39 is 0 Å². The maximum absolute atomic E-state index is 11.4. The molecule has 0 unspecified atom stereocenters. The van der Waals surface area contributed by atoms with Gasteiger partial charge in [0.15, 0.2) is 0 Å². The van der Waals surface area contributed by atoms with Gasteiger partial charge in [0, 0.05) is 13.2 Å². The summed E-state index contributed by atoms with van der Waals surface area (Å²) in [5.74, 6) is -0.0612. The van der Waals surface area contributed by atoms with Gasteiger partial charge in [0.05, 0.1) is 0 Å². The van der Waals surface area contributed by atoms with Crippen LogP contribution in [0.2, 0.25) is 0 Å². The molecule has 3 nitrogen and oxygen atoms in total. The zero-order valence-corrected chi connectivity index (χ0v) is 11.7. The largest absolute Gasteiger partial charge is 0.375 e. The van der Waals surface area contributed by atoms with E-state index in [2.05, 4.69) is 31.3 Å². The van der Waals surface area contributed by atoms with Crippen LogP contribution >= 0.6 is 0 Å². The molecule has 1 atom stereocenters. The zero-order chi connectivity index (χ0) is 13.6. The lowest BCUT2D eigenvalue weighted by Gasteiger charge is -2.29. The lowest BCUT2D eigenvalue weighted by atomic mass is 9.79. The monoisotopic (exact) mass is 249 g/mol. The molecule has 1 rings (SSSR count). The van der Waals surface area contributed by atoms with E-state index in [9.17, 15) is 4.79 Å². The highest BCUT2D eigenvalue weighted by molar-refractivity contribution is 5.77. The quantitative estimate of drug-likeness (QED) is 0.841. The number of carbonyl (C=O) groups is 1. The molecule has 18 heavy (non-hydrogen) atoms. The van der Waals surface area contributed by atoms with Crippen molar-refractivity contribution in [3.8, 4) is 0 Å². The van der Waals surface area contributed by atoms with Crippen molar-refractivity contribution >= 4 is 5.91 Å². The normalized spacial score (nSPS) is 13.1. The Morgan fingerprint density at radius 3 is 2.50 bits per heavy atom. The van der Waals surface area contributed by atoms with Gasteiger partial charge in [0.2, 0.25) is 5.91 Å². The van der Waals surface area contributed by atoms with Crippen LogP contribution in [0.3, 0.4) is 0 Å². The van der Waals surface area contributed by atoms with Crippen molar-refractivity contribution in [1.82, 2.24) is 5.32 Å². The smallest absolute Gasteiger partial charge is 0.246 e. The van der Waals surface area contributed by atoms with Gasteiger partial charge in [-0.2, -0.15) is 0 Å². The Balaban J connectivity index is 2.58. The van der Waals surface area contributed by atoms with E-state index >= 15 is 0 Å². The molecular formula is C15H23NO2. The lowest BCUT2D eigenvalue weighted by Crippen LogP contribution is -2.38. The fourth-order valence-electron chi connectivity index (χ4n) is 2.27. The Labute approximate surface area is 110 Å². The molecule has 1 amide bonds. The summed E-state index contributed by atoms with van der Waals surface area (Å²) in [5, 5.41) is 2.94. The molecule has 0 aromatic heterocycles. The van der Waals surface area contributed by atoms with Crippen LogP contribution in [0.15, 0.2) is 30.3 Å². The summed E-state index contributed by atoms with van der Waals surface area (Å²) in [5.41, 5.74) is 1.33. The molecule has 1 N–H and O–H groups in total. The van der Waals surface area contributed by atoms with Crippen molar-refractivity contribution in [2.45, 2.75) is 38.6 Å². The predicted molar refractivity (Wildman–Crippen MR) is 73.6 cm³/mol. The molecule has 0 bridgehead atoms. The molecule has 0 saturated carbocycles. The second kappa shape index (κ2) is 6.55. The fourth-order valence-corrected chi connectivity index (χ4v) is 2.27. The van der Waals surface area contributed by atoms with Crippen molar-refractivity contribution in [1.29, 1.82) is 0 Å². The van der Waals surface area contributed by atoms with Gasteiger partial charge in [0.1, 0.15) is 6.61 Å². The SMILES string of the molecule is COCC(=O)N[C@@H](C)CC(C)(C)c1ccccc1. The average Bonchev–Trinajstić information content (AvgIpc) is 2.29. The van der Waals surface area contributed by atoms with Crippen molar-refractivity contribution in [2.24, 2.45) is 0 Å². The molecule has 0 heterocycles. The molecule has 0 aliphatic rings. The summed E-state index contributed by atoms with van der Waals surface area (Å²) in [7, 11) is 1.53. The Morgan fingerprint density at radius 1 is 1.33 bits per heavy atom. The second-order valence-corrected chi connectivity index (χ2v) is 5.36. The van der Waals surface area contributed by atoms with E-state index in [1.807, 2.05) is 25.1 Å². The van der Waals surface area contributed by atoms with E-state index in [0.717, 1.165) is 6.42 Å². The predicted octanol–water partition coefficient (Wildman–Crippen LogP) is 2.51. The molecule has 0 saturated heterocycles. The van der Waals surface area contributed by atoms with Crippen LogP contribution in [0.5, 0.6) is 0 Å². The Morgan fingerprint density at radius 2 is 1.94 bits per heavy atom. The molecule has 0 radical (unpaired) electrons. The average molecular weight is 249 g/mol. The summed E-state index contributed by atoms with van der Waals surface area (Å²) >= 11 is 0. The number of ether oxygens (including phenoxy) is 1. The first-order valence-electron chi connectivity index (χ1n) is 6.29. The van der Waals surface area contributed by atoms with Gasteiger partial charge in [-0.05, 0) is 24.3 Å². The Kier molecular flexibility index (Phi) is 5.35. The number of carbonyl (C=O) groups excluding carboxylic acids is 1. The summed E-state index contributed by atoms with van der Waals surface area (Å²) in [6.07, 6.45) is 0.895. The van der Waals surface area contributed by atoms with E-state index in [4.69, 9.17) is 4.74 Å².